The molecule has 6 heteroatoms. The van der Waals surface area contributed by atoms with E-state index in [-0.39, 0.29) is 5.97 Å². The summed E-state index contributed by atoms with van der Waals surface area (Å²) in [6.45, 7) is 2.38. The van der Waals surface area contributed by atoms with Gasteiger partial charge in [0.15, 0.2) is 0 Å². The Bertz CT molecular complexity index is 413. The molecule has 1 saturated heterocycles. The van der Waals surface area contributed by atoms with Gasteiger partial charge in [0.1, 0.15) is 4.88 Å². The molecule has 1 aromatic rings. The Hall–Kier alpha value is -0.980. The molecule has 1 aliphatic rings. The highest BCUT2D eigenvalue weighted by atomic mass is 32.1. The van der Waals surface area contributed by atoms with Gasteiger partial charge in [0.25, 0.3) is 0 Å². The first kappa shape index (κ1) is 13.5. The molecule has 1 aliphatic heterocycles. The van der Waals surface area contributed by atoms with Crippen LogP contribution < -0.4 is 5.32 Å². The molecule has 0 amide bonds. The maximum Gasteiger partial charge on any atom is 0.350 e. The van der Waals surface area contributed by atoms with Crippen LogP contribution in [0.5, 0.6) is 0 Å². The van der Waals surface area contributed by atoms with Gasteiger partial charge in [-0.15, -0.1) is 11.3 Å². The standard InChI is InChI=1S/C12H18N2O3S/c1-16-7-9-10(12(15)17-2)18-11(14-9)8-3-5-13-6-4-8/h8,13H,3-7H2,1-2H3. The van der Waals surface area contributed by atoms with Crippen LogP contribution in [0.4, 0.5) is 0 Å². The summed E-state index contributed by atoms with van der Waals surface area (Å²) in [5.74, 6) is 0.130. The fourth-order valence-electron chi connectivity index (χ4n) is 2.10. The van der Waals surface area contributed by atoms with Crippen molar-refractivity contribution in [2.75, 3.05) is 27.3 Å². The van der Waals surface area contributed by atoms with Crippen LogP contribution in [-0.2, 0) is 16.1 Å². The predicted molar refractivity (Wildman–Crippen MR) is 69.0 cm³/mol. The third-order valence-electron chi connectivity index (χ3n) is 3.05. The summed E-state index contributed by atoms with van der Waals surface area (Å²) in [5.41, 5.74) is 0.697. The SMILES string of the molecule is COCc1nc(C2CCNCC2)sc1C(=O)OC. The number of nitrogens with zero attached hydrogens (tertiary/aromatic N) is 1. The maximum absolute atomic E-state index is 11.7. The second kappa shape index (κ2) is 6.26. The van der Waals surface area contributed by atoms with E-state index in [0.29, 0.717) is 23.1 Å². The molecule has 0 saturated carbocycles. The zero-order valence-electron chi connectivity index (χ0n) is 10.7. The Morgan fingerprint density at radius 3 is 2.78 bits per heavy atom. The summed E-state index contributed by atoms with van der Waals surface area (Å²) in [6.07, 6.45) is 2.14. The number of aromatic nitrogens is 1. The van der Waals surface area contributed by atoms with E-state index in [1.165, 1.54) is 18.4 Å². The number of rotatable bonds is 4. The quantitative estimate of drug-likeness (QED) is 0.841. The van der Waals surface area contributed by atoms with Crippen LogP contribution in [0.1, 0.15) is 39.1 Å². The lowest BCUT2D eigenvalue weighted by Crippen LogP contribution is -2.26. The predicted octanol–water partition coefficient (Wildman–Crippen LogP) is 1.54. The maximum atomic E-state index is 11.7. The van der Waals surface area contributed by atoms with Crippen LogP contribution in [0.3, 0.4) is 0 Å². The highest BCUT2D eigenvalue weighted by molar-refractivity contribution is 7.13. The smallest absolute Gasteiger partial charge is 0.350 e. The van der Waals surface area contributed by atoms with Crippen LogP contribution in [-0.4, -0.2) is 38.3 Å². The van der Waals surface area contributed by atoms with Crippen molar-refractivity contribution in [3.8, 4) is 0 Å². The zero-order valence-corrected chi connectivity index (χ0v) is 11.5. The molecule has 0 atom stereocenters. The lowest BCUT2D eigenvalue weighted by Gasteiger charge is -2.20. The molecule has 1 N–H and O–H groups in total. The first-order chi connectivity index (χ1) is 8.76. The van der Waals surface area contributed by atoms with Crippen molar-refractivity contribution in [1.29, 1.82) is 0 Å². The summed E-state index contributed by atoms with van der Waals surface area (Å²) < 4.78 is 9.88. The fourth-order valence-corrected chi connectivity index (χ4v) is 3.26. The number of carbonyl (C=O) groups is 1. The van der Waals surface area contributed by atoms with Crippen molar-refractivity contribution in [3.63, 3.8) is 0 Å². The topological polar surface area (TPSA) is 60.5 Å². The van der Waals surface area contributed by atoms with Gasteiger partial charge in [-0.25, -0.2) is 9.78 Å². The number of methoxy groups -OCH3 is 2. The molecule has 0 spiro atoms. The average molecular weight is 270 g/mol. The lowest BCUT2D eigenvalue weighted by molar-refractivity contribution is 0.0601. The molecule has 5 nitrogen and oxygen atoms in total. The van der Waals surface area contributed by atoms with E-state index < -0.39 is 0 Å². The third kappa shape index (κ3) is 2.88. The number of hydrogen-bond donors (Lipinski definition) is 1. The highest BCUT2D eigenvalue weighted by Gasteiger charge is 2.24. The van der Waals surface area contributed by atoms with E-state index in [0.717, 1.165) is 30.9 Å². The Labute approximate surface area is 111 Å². The molecule has 2 rings (SSSR count). The summed E-state index contributed by atoms with van der Waals surface area (Å²) in [7, 11) is 2.99. The van der Waals surface area contributed by atoms with Crippen molar-refractivity contribution in [1.82, 2.24) is 10.3 Å². The fraction of sp³-hybridized carbons (Fsp3) is 0.667. The molecule has 0 aliphatic carbocycles. The summed E-state index contributed by atoms with van der Waals surface area (Å²) in [6, 6.07) is 0. The van der Waals surface area contributed by atoms with Gasteiger partial charge >= 0.3 is 5.97 Å². The molecule has 18 heavy (non-hydrogen) atoms. The van der Waals surface area contributed by atoms with E-state index >= 15 is 0 Å². The number of carbonyl (C=O) groups excluding carboxylic acids is 1. The van der Waals surface area contributed by atoms with Crippen molar-refractivity contribution < 1.29 is 14.3 Å². The molecule has 0 radical (unpaired) electrons. The van der Waals surface area contributed by atoms with E-state index in [1.807, 2.05) is 0 Å². The van der Waals surface area contributed by atoms with Gasteiger partial charge < -0.3 is 14.8 Å². The molecular formula is C12H18N2O3S. The molecule has 1 aromatic heterocycles. The van der Waals surface area contributed by atoms with Crippen LogP contribution in [0.2, 0.25) is 0 Å². The van der Waals surface area contributed by atoms with Gasteiger partial charge in [0, 0.05) is 13.0 Å². The van der Waals surface area contributed by atoms with Crippen LogP contribution in [0, 0.1) is 0 Å². The van der Waals surface area contributed by atoms with Gasteiger partial charge in [0.2, 0.25) is 0 Å². The molecule has 100 valence electrons. The number of nitrogens with one attached hydrogen (secondary N) is 1. The monoisotopic (exact) mass is 270 g/mol. The van der Waals surface area contributed by atoms with Gasteiger partial charge in [-0.3, -0.25) is 0 Å². The summed E-state index contributed by atoms with van der Waals surface area (Å²) in [5, 5.41) is 4.36. The van der Waals surface area contributed by atoms with E-state index in [4.69, 9.17) is 9.47 Å². The van der Waals surface area contributed by atoms with Gasteiger partial charge in [-0.05, 0) is 25.9 Å². The first-order valence-electron chi connectivity index (χ1n) is 6.03. The normalized spacial score (nSPS) is 16.8. The minimum absolute atomic E-state index is 0.320. The average Bonchev–Trinajstić information content (AvgIpc) is 2.83. The van der Waals surface area contributed by atoms with Crippen molar-refractivity contribution in [2.24, 2.45) is 0 Å². The zero-order chi connectivity index (χ0) is 13.0. The largest absolute Gasteiger partial charge is 0.465 e. The lowest BCUT2D eigenvalue weighted by atomic mass is 9.99. The van der Waals surface area contributed by atoms with Gasteiger partial charge in [-0.1, -0.05) is 0 Å². The number of ether oxygens (including phenoxy) is 2. The number of esters is 1. The second-order valence-corrected chi connectivity index (χ2v) is 5.31. The van der Waals surface area contributed by atoms with E-state index in [2.05, 4.69) is 10.3 Å². The number of piperidine rings is 1. The van der Waals surface area contributed by atoms with Crippen molar-refractivity contribution >= 4 is 17.3 Å². The summed E-state index contributed by atoms with van der Waals surface area (Å²) in [4.78, 5) is 16.8. The van der Waals surface area contributed by atoms with Crippen LogP contribution in [0.25, 0.3) is 0 Å². The Kier molecular flexibility index (Phi) is 4.68. The van der Waals surface area contributed by atoms with E-state index in [1.54, 1.807) is 7.11 Å². The van der Waals surface area contributed by atoms with Gasteiger partial charge in [0.05, 0.1) is 24.4 Å². The van der Waals surface area contributed by atoms with Crippen LogP contribution in [0.15, 0.2) is 0 Å². The second-order valence-electron chi connectivity index (χ2n) is 4.28. The Balaban J connectivity index is 2.23. The minimum Gasteiger partial charge on any atom is -0.465 e. The Morgan fingerprint density at radius 1 is 1.44 bits per heavy atom. The minimum atomic E-state index is -0.320. The Morgan fingerprint density at radius 2 is 2.17 bits per heavy atom. The van der Waals surface area contributed by atoms with Crippen molar-refractivity contribution in [2.45, 2.75) is 25.4 Å². The molecular weight excluding hydrogens is 252 g/mol. The number of hydrogen-bond acceptors (Lipinski definition) is 6. The van der Waals surface area contributed by atoms with Crippen molar-refractivity contribution in [3.05, 3.63) is 15.6 Å². The van der Waals surface area contributed by atoms with Crippen LogP contribution >= 0.6 is 11.3 Å². The highest BCUT2D eigenvalue weighted by Crippen LogP contribution is 2.31. The number of thiazole rings is 1. The molecule has 0 unspecified atom stereocenters. The van der Waals surface area contributed by atoms with E-state index in [9.17, 15) is 4.79 Å². The molecule has 2 heterocycles. The molecule has 0 bridgehead atoms. The summed E-state index contributed by atoms with van der Waals surface area (Å²) >= 11 is 1.45. The molecule has 1 fully saturated rings. The first-order valence-corrected chi connectivity index (χ1v) is 6.85. The molecule has 0 aromatic carbocycles. The third-order valence-corrected chi connectivity index (χ3v) is 4.29. The van der Waals surface area contributed by atoms with Gasteiger partial charge in [-0.2, -0.15) is 0 Å².